The molecule has 19 heavy (non-hydrogen) atoms. The number of nitrogens with zero attached hydrogens (tertiary/aromatic N) is 3. The molecule has 1 unspecified atom stereocenters. The van der Waals surface area contributed by atoms with E-state index in [2.05, 4.69) is 48.4 Å². The average molecular weight is 279 g/mol. The molecule has 0 radical (unpaired) electrons. The molecular weight excluding hydrogens is 258 g/mol. The van der Waals surface area contributed by atoms with E-state index in [1.165, 1.54) is 9.75 Å². The second kappa shape index (κ2) is 6.27. The summed E-state index contributed by atoms with van der Waals surface area (Å²) in [4.78, 5) is 6.96. The van der Waals surface area contributed by atoms with Crippen molar-refractivity contribution in [2.24, 2.45) is 5.84 Å². The summed E-state index contributed by atoms with van der Waals surface area (Å²) in [6, 6.07) is 4.71. The Bertz CT molecular complexity index is 517. The van der Waals surface area contributed by atoms with Crippen LogP contribution in [-0.2, 0) is 12.8 Å². The molecule has 0 saturated carbocycles. The summed E-state index contributed by atoms with van der Waals surface area (Å²) in [6.07, 6.45) is 3.41. The largest absolute Gasteiger partial charge is 0.271 e. The van der Waals surface area contributed by atoms with Gasteiger partial charge in [-0.3, -0.25) is 11.3 Å². The highest BCUT2D eigenvalue weighted by molar-refractivity contribution is 7.12. The topological polar surface area (TPSA) is 68.8 Å². The Labute approximate surface area is 117 Å². The van der Waals surface area contributed by atoms with Crippen LogP contribution in [0.15, 0.2) is 18.5 Å². The van der Waals surface area contributed by atoms with Crippen LogP contribution in [0, 0.1) is 0 Å². The highest BCUT2D eigenvalue weighted by Gasteiger charge is 2.17. The molecule has 0 bridgehead atoms. The SMILES string of the molecule is CCc1ccc(C(Cc2ncnn2C(C)C)NN)s1. The molecule has 0 saturated heterocycles. The first-order chi connectivity index (χ1) is 9.15. The standard InChI is InChI=1S/C13H21N5S/c1-4-10-5-6-12(19-10)11(17-14)7-13-15-8-16-18(13)9(2)3/h5-6,8-9,11,17H,4,7,14H2,1-3H3. The third kappa shape index (κ3) is 3.20. The Hall–Kier alpha value is -1.24. The van der Waals surface area contributed by atoms with E-state index in [9.17, 15) is 0 Å². The van der Waals surface area contributed by atoms with E-state index in [1.54, 1.807) is 17.7 Å². The van der Waals surface area contributed by atoms with Crippen molar-refractivity contribution < 1.29 is 0 Å². The van der Waals surface area contributed by atoms with E-state index < -0.39 is 0 Å². The molecule has 5 nitrogen and oxygen atoms in total. The van der Waals surface area contributed by atoms with Gasteiger partial charge in [-0.15, -0.1) is 11.3 Å². The van der Waals surface area contributed by atoms with E-state index >= 15 is 0 Å². The lowest BCUT2D eigenvalue weighted by molar-refractivity contribution is 0.471. The number of nitrogens with two attached hydrogens (primary N) is 1. The summed E-state index contributed by atoms with van der Waals surface area (Å²) >= 11 is 1.80. The van der Waals surface area contributed by atoms with Crippen LogP contribution >= 0.6 is 11.3 Å². The third-order valence-corrected chi connectivity index (χ3v) is 4.44. The van der Waals surface area contributed by atoms with Crippen molar-refractivity contribution in [3.8, 4) is 0 Å². The van der Waals surface area contributed by atoms with Crippen molar-refractivity contribution in [3.63, 3.8) is 0 Å². The second-order valence-electron chi connectivity index (χ2n) is 4.80. The number of aryl methyl sites for hydroxylation is 1. The van der Waals surface area contributed by atoms with Crippen LogP contribution < -0.4 is 11.3 Å². The molecule has 2 heterocycles. The predicted octanol–water partition coefficient (Wildman–Crippen LogP) is 2.23. The van der Waals surface area contributed by atoms with Gasteiger partial charge in [0.15, 0.2) is 0 Å². The third-order valence-electron chi connectivity index (χ3n) is 3.10. The average Bonchev–Trinajstić information content (AvgIpc) is 3.04. The van der Waals surface area contributed by atoms with Gasteiger partial charge in [-0.25, -0.2) is 9.67 Å². The number of hydrazine groups is 1. The lowest BCUT2D eigenvalue weighted by Gasteiger charge is -2.15. The molecule has 0 spiro atoms. The van der Waals surface area contributed by atoms with Crippen LogP contribution in [0.1, 0.15) is 48.4 Å². The van der Waals surface area contributed by atoms with Crippen LogP contribution in [0.2, 0.25) is 0 Å². The summed E-state index contributed by atoms with van der Waals surface area (Å²) < 4.78 is 1.94. The first kappa shape index (κ1) is 14.2. The maximum atomic E-state index is 5.70. The highest BCUT2D eigenvalue weighted by atomic mass is 32.1. The maximum Gasteiger partial charge on any atom is 0.138 e. The lowest BCUT2D eigenvalue weighted by atomic mass is 10.1. The molecule has 2 aromatic rings. The van der Waals surface area contributed by atoms with E-state index in [1.807, 2.05) is 4.68 Å². The fourth-order valence-corrected chi connectivity index (χ4v) is 3.06. The second-order valence-corrected chi connectivity index (χ2v) is 6.00. The van der Waals surface area contributed by atoms with Crippen molar-refractivity contribution >= 4 is 11.3 Å². The molecule has 0 aromatic carbocycles. The van der Waals surface area contributed by atoms with Crippen molar-refractivity contribution in [1.82, 2.24) is 20.2 Å². The summed E-state index contributed by atoms with van der Waals surface area (Å²) in [7, 11) is 0. The van der Waals surface area contributed by atoms with Gasteiger partial charge >= 0.3 is 0 Å². The fourth-order valence-electron chi connectivity index (χ4n) is 2.05. The zero-order valence-corrected chi connectivity index (χ0v) is 12.4. The van der Waals surface area contributed by atoms with Gasteiger partial charge in [0.05, 0.1) is 6.04 Å². The normalized spacial score (nSPS) is 13.1. The fraction of sp³-hybridized carbons (Fsp3) is 0.538. The van der Waals surface area contributed by atoms with Crippen molar-refractivity contribution in [3.05, 3.63) is 34.0 Å². The minimum atomic E-state index is 0.0898. The molecule has 1 atom stereocenters. The number of aromatic nitrogens is 3. The van der Waals surface area contributed by atoms with Gasteiger partial charge < -0.3 is 0 Å². The Kier molecular flexibility index (Phi) is 4.68. The summed E-state index contributed by atoms with van der Waals surface area (Å²) in [5.41, 5.74) is 2.89. The number of nitrogens with one attached hydrogen (secondary N) is 1. The molecule has 3 N–H and O–H groups in total. The first-order valence-corrected chi connectivity index (χ1v) is 7.40. The molecule has 104 valence electrons. The Balaban J connectivity index is 2.16. The van der Waals surface area contributed by atoms with Gasteiger partial charge in [-0.05, 0) is 32.4 Å². The van der Waals surface area contributed by atoms with Crippen molar-refractivity contribution in [2.45, 2.75) is 45.7 Å². The van der Waals surface area contributed by atoms with Crippen LogP contribution in [0.25, 0.3) is 0 Å². The van der Waals surface area contributed by atoms with Crippen molar-refractivity contribution in [2.75, 3.05) is 0 Å². The van der Waals surface area contributed by atoms with Gasteiger partial charge in [-0.2, -0.15) is 5.10 Å². The molecule has 2 rings (SSSR count). The van der Waals surface area contributed by atoms with Crippen LogP contribution in [-0.4, -0.2) is 14.8 Å². The summed E-state index contributed by atoms with van der Waals surface area (Å²) in [5.74, 6) is 6.66. The minimum absolute atomic E-state index is 0.0898. The van der Waals surface area contributed by atoms with E-state index in [0.717, 1.165) is 18.7 Å². The van der Waals surface area contributed by atoms with Gasteiger partial charge in [0.2, 0.25) is 0 Å². The van der Waals surface area contributed by atoms with Crippen LogP contribution in [0.4, 0.5) is 0 Å². The van der Waals surface area contributed by atoms with E-state index in [4.69, 9.17) is 5.84 Å². The quantitative estimate of drug-likeness (QED) is 0.628. The summed E-state index contributed by atoms with van der Waals surface area (Å²) in [5, 5.41) is 4.26. The monoisotopic (exact) mass is 279 g/mol. The zero-order chi connectivity index (χ0) is 13.8. The Morgan fingerprint density at radius 1 is 1.42 bits per heavy atom. The predicted molar refractivity (Wildman–Crippen MR) is 77.9 cm³/mol. The van der Waals surface area contributed by atoms with Crippen molar-refractivity contribution in [1.29, 1.82) is 0 Å². The smallest absolute Gasteiger partial charge is 0.138 e. The molecular formula is C13H21N5S. The molecule has 2 aromatic heterocycles. The number of thiophene rings is 1. The van der Waals surface area contributed by atoms with E-state index in [0.29, 0.717) is 6.04 Å². The highest BCUT2D eigenvalue weighted by Crippen LogP contribution is 2.26. The van der Waals surface area contributed by atoms with Crippen LogP contribution in [0.3, 0.4) is 0 Å². The molecule has 0 aliphatic carbocycles. The minimum Gasteiger partial charge on any atom is -0.271 e. The first-order valence-electron chi connectivity index (χ1n) is 6.58. The molecule has 6 heteroatoms. The van der Waals surface area contributed by atoms with Gasteiger partial charge in [0.1, 0.15) is 12.2 Å². The summed E-state index contributed by atoms with van der Waals surface area (Å²) in [6.45, 7) is 6.36. The van der Waals surface area contributed by atoms with Gasteiger partial charge in [0.25, 0.3) is 0 Å². The van der Waals surface area contributed by atoms with Gasteiger partial charge in [-0.1, -0.05) is 6.92 Å². The number of hydrogen-bond acceptors (Lipinski definition) is 5. The Morgan fingerprint density at radius 2 is 2.21 bits per heavy atom. The molecule has 0 fully saturated rings. The zero-order valence-electron chi connectivity index (χ0n) is 11.6. The maximum absolute atomic E-state index is 5.70. The number of hydrogen-bond donors (Lipinski definition) is 2. The molecule has 0 aliphatic heterocycles. The van der Waals surface area contributed by atoms with E-state index in [-0.39, 0.29) is 6.04 Å². The molecule has 0 amide bonds. The Morgan fingerprint density at radius 3 is 2.79 bits per heavy atom. The number of rotatable bonds is 6. The molecule has 0 aliphatic rings. The lowest BCUT2D eigenvalue weighted by Crippen LogP contribution is -2.30. The van der Waals surface area contributed by atoms with Gasteiger partial charge in [0, 0.05) is 22.2 Å². The van der Waals surface area contributed by atoms with Crippen LogP contribution in [0.5, 0.6) is 0 Å².